The van der Waals surface area contributed by atoms with Crippen LogP contribution < -0.4 is 10.0 Å². The number of halogens is 1. The summed E-state index contributed by atoms with van der Waals surface area (Å²) in [5.41, 5.74) is 1.45. The van der Waals surface area contributed by atoms with Crippen molar-refractivity contribution in [1.29, 1.82) is 0 Å². The molecule has 5 nitrogen and oxygen atoms in total. The number of sulfonamides is 1. The molecule has 2 rings (SSSR count). The maximum atomic E-state index is 12.2. The summed E-state index contributed by atoms with van der Waals surface area (Å²) in [5.74, 6) is -0.0606. The molecular formula is C15H21ClN2O3S. The molecule has 2 N–H and O–H groups in total. The third-order valence-electron chi connectivity index (χ3n) is 3.85. The molecule has 0 aliphatic heterocycles. The van der Waals surface area contributed by atoms with Crippen LogP contribution >= 0.6 is 11.6 Å². The lowest BCUT2D eigenvalue weighted by atomic mass is 10.0. The van der Waals surface area contributed by atoms with Gasteiger partial charge in [-0.15, -0.1) is 0 Å². The van der Waals surface area contributed by atoms with E-state index in [0.29, 0.717) is 17.1 Å². The molecule has 0 radical (unpaired) electrons. The van der Waals surface area contributed by atoms with Crippen LogP contribution in [0.1, 0.15) is 35.2 Å². The quantitative estimate of drug-likeness (QED) is 0.858. The molecule has 0 saturated heterocycles. The summed E-state index contributed by atoms with van der Waals surface area (Å²) in [6, 6.07) is 5.10. The molecule has 1 saturated carbocycles. The van der Waals surface area contributed by atoms with Crippen molar-refractivity contribution in [2.45, 2.75) is 32.2 Å². The summed E-state index contributed by atoms with van der Waals surface area (Å²) in [7, 11) is -3.22. The predicted molar refractivity (Wildman–Crippen MR) is 87.6 cm³/mol. The second-order valence-corrected chi connectivity index (χ2v) is 8.13. The zero-order chi connectivity index (χ0) is 16.3. The van der Waals surface area contributed by atoms with Crippen molar-refractivity contribution in [2.75, 3.05) is 12.8 Å². The summed E-state index contributed by atoms with van der Waals surface area (Å²) in [5, 5.41) is 3.41. The van der Waals surface area contributed by atoms with Crippen LogP contribution in [0.3, 0.4) is 0 Å². The minimum Gasteiger partial charge on any atom is -0.352 e. The highest BCUT2D eigenvalue weighted by Crippen LogP contribution is 2.25. The highest BCUT2D eigenvalue weighted by Gasteiger charge is 2.29. The van der Waals surface area contributed by atoms with Gasteiger partial charge < -0.3 is 5.32 Å². The number of rotatable bonds is 5. The Kier molecular flexibility index (Phi) is 5.47. The molecule has 0 heterocycles. The standard InChI is InChI=1S/C15H21ClN2O3S/c1-10-6-12(8-13(16)7-10)15(19)17-9-11-4-3-5-14(11)18-22(2,20)21/h6-8,11,14,18H,3-5,9H2,1-2H3,(H,17,19). The molecule has 2 unspecified atom stereocenters. The van der Waals surface area contributed by atoms with E-state index < -0.39 is 10.0 Å². The lowest BCUT2D eigenvalue weighted by molar-refractivity contribution is 0.0946. The molecule has 7 heteroatoms. The summed E-state index contributed by atoms with van der Waals surface area (Å²) in [6.07, 6.45) is 3.84. The van der Waals surface area contributed by atoms with Crippen LogP contribution in [-0.4, -0.2) is 33.2 Å². The summed E-state index contributed by atoms with van der Waals surface area (Å²) in [6.45, 7) is 2.34. The maximum absolute atomic E-state index is 12.2. The Morgan fingerprint density at radius 1 is 1.32 bits per heavy atom. The van der Waals surface area contributed by atoms with Gasteiger partial charge in [0, 0.05) is 23.2 Å². The topological polar surface area (TPSA) is 75.3 Å². The van der Waals surface area contributed by atoms with Gasteiger partial charge in [0.2, 0.25) is 10.0 Å². The van der Waals surface area contributed by atoms with Crippen molar-refractivity contribution in [3.05, 3.63) is 34.3 Å². The average molecular weight is 345 g/mol. The van der Waals surface area contributed by atoms with Crippen molar-refractivity contribution >= 4 is 27.5 Å². The Hall–Kier alpha value is -1.11. The molecule has 2 atom stereocenters. The van der Waals surface area contributed by atoms with E-state index in [1.54, 1.807) is 18.2 Å². The second-order valence-electron chi connectivity index (χ2n) is 5.91. The first kappa shape index (κ1) is 17.2. The van der Waals surface area contributed by atoms with E-state index in [9.17, 15) is 13.2 Å². The number of nitrogens with one attached hydrogen (secondary N) is 2. The summed E-state index contributed by atoms with van der Waals surface area (Å²) >= 11 is 5.96. The number of hydrogen-bond donors (Lipinski definition) is 2. The fourth-order valence-electron chi connectivity index (χ4n) is 2.90. The number of benzene rings is 1. The SMILES string of the molecule is Cc1cc(Cl)cc(C(=O)NCC2CCCC2NS(C)(=O)=O)c1. The normalized spacial score (nSPS) is 21.8. The molecule has 1 fully saturated rings. The van der Waals surface area contributed by atoms with Crippen molar-refractivity contribution in [3.63, 3.8) is 0 Å². The molecule has 1 aliphatic carbocycles. The predicted octanol–water partition coefficient (Wildman–Crippen LogP) is 2.10. The monoisotopic (exact) mass is 344 g/mol. The lowest BCUT2D eigenvalue weighted by Crippen LogP contribution is -2.41. The van der Waals surface area contributed by atoms with Gasteiger partial charge in [-0.05, 0) is 49.4 Å². The molecular weight excluding hydrogens is 324 g/mol. The molecule has 0 bridgehead atoms. The van der Waals surface area contributed by atoms with E-state index in [0.717, 1.165) is 31.1 Å². The van der Waals surface area contributed by atoms with E-state index in [1.165, 1.54) is 0 Å². The Labute approximate surface area is 136 Å². The minimum absolute atomic E-state index is 0.101. The number of aryl methyl sites for hydroxylation is 1. The first-order chi connectivity index (χ1) is 10.2. The molecule has 0 aromatic heterocycles. The Morgan fingerprint density at radius 3 is 2.68 bits per heavy atom. The van der Waals surface area contributed by atoms with E-state index in [4.69, 9.17) is 11.6 Å². The molecule has 0 spiro atoms. The third kappa shape index (κ3) is 4.97. The van der Waals surface area contributed by atoms with Crippen LogP contribution in [-0.2, 0) is 10.0 Å². The van der Waals surface area contributed by atoms with Crippen molar-refractivity contribution in [1.82, 2.24) is 10.0 Å². The zero-order valence-electron chi connectivity index (χ0n) is 12.7. The maximum Gasteiger partial charge on any atom is 0.251 e. The molecule has 1 aromatic carbocycles. The number of carbonyl (C=O) groups excluding carboxylic acids is 1. The van der Waals surface area contributed by atoms with Crippen LogP contribution in [0, 0.1) is 12.8 Å². The van der Waals surface area contributed by atoms with E-state index in [-0.39, 0.29) is 17.9 Å². The van der Waals surface area contributed by atoms with Crippen molar-refractivity contribution in [3.8, 4) is 0 Å². The van der Waals surface area contributed by atoms with Gasteiger partial charge >= 0.3 is 0 Å². The number of amides is 1. The van der Waals surface area contributed by atoms with Gasteiger partial charge in [0.25, 0.3) is 5.91 Å². The van der Waals surface area contributed by atoms with Crippen LogP contribution in [0.4, 0.5) is 0 Å². The van der Waals surface area contributed by atoms with Gasteiger partial charge in [-0.2, -0.15) is 0 Å². The lowest BCUT2D eigenvalue weighted by Gasteiger charge is -2.20. The molecule has 1 aliphatic rings. The summed E-state index contributed by atoms with van der Waals surface area (Å²) in [4.78, 5) is 12.2. The van der Waals surface area contributed by atoms with Crippen LogP contribution in [0.2, 0.25) is 5.02 Å². The Bertz CT molecular complexity index is 641. The van der Waals surface area contributed by atoms with Gasteiger partial charge in [0.05, 0.1) is 6.26 Å². The third-order valence-corrected chi connectivity index (χ3v) is 4.80. The van der Waals surface area contributed by atoms with Crippen molar-refractivity contribution < 1.29 is 13.2 Å². The van der Waals surface area contributed by atoms with E-state index >= 15 is 0 Å². The summed E-state index contributed by atoms with van der Waals surface area (Å²) < 4.78 is 25.4. The largest absolute Gasteiger partial charge is 0.352 e. The van der Waals surface area contributed by atoms with Gasteiger partial charge in [0.15, 0.2) is 0 Å². The van der Waals surface area contributed by atoms with Crippen LogP contribution in [0.25, 0.3) is 0 Å². The highest BCUT2D eigenvalue weighted by molar-refractivity contribution is 7.88. The zero-order valence-corrected chi connectivity index (χ0v) is 14.3. The second kappa shape index (κ2) is 6.98. The van der Waals surface area contributed by atoms with Crippen LogP contribution in [0.5, 0.6) is 0 Å². The Morgan fingerprint density at radius 2 is 2.05 bits per heavy atom. The first-order valence-electron chi connectivity index (χ1n) is 7.27. The first-order valence-corrected chi connectivity index (χ1v) is 9.54. The van der Waals surface area contributed by atoms with Gasteiger partial charge in [-0.3, -0.25) is 4.79 Å². The van der Waals surface area contributed by atoms with Gasteiger partial charge in [0.1, 0.15) is 0 Å². The van der Waals surface area contributed by atoms with Crippen LogP contribution in [0.15, 0.2) is 18.2 Å². The minimum atomic E-state index is -3.22. The molecule has 1 amide bonds. The van der Waals surface area contributed by atoms with Crippen molar-refractivity contribution in [2.24, 2.45) is 5.92 Å². The van der Waals surface area contributed by atoms with E-state index in [2.05, 4.69) is 10.0 Å². The Balaban J connectivity index is 1.95. The fourth-order valence-corrected chi connectivity index (χ4v) is 4.05. The highest BCUT2D eigenvalue weighted by atomic mass is 35.5. The van der Waals surface area contributed by atoms with Gasteiger partial charge in [-0.25, -0.2) is 13.1 Å². The number of hydrogen-bond acceptors (Lipinski definition) is 3. The average Bonchev–Trinajstić information content (AvgIpc) is 2.79. The van der Waals surface area contributed by atoms with E-state index in [1.807, 2.05) is 6.92 Å². The smallest absolute Gasteiger partial charge is 0.251 e. The van der Waals surface area contributed by atoms with Gasteiger partial charge in [-0.1, -0.05) is 18.0 Å². The fraction of sp³-hybridized carbons (Fsp3) is 0.533. The number of carbonyl (C=O) groups is 1. The molecule has 1 aromatic rings. The molecule has 22 heavy (non-hydrogen) atoms. The molecule has 122 valence electrons.